The number of H-pyrrole nitrogens is 1. The summed E-state index contributed by atoms with van der Waals surface area (Å²) in [7, 11) is 1.53. The molecule has 3 aromatic heterocycles. The molecule has 3 heterocycles. The summed E-state index contributed by atoms with van der Waals surface area (Å²) in [5, 5.41) is 5.57. The lowest BCUT2D eigenvalue weighted by Gasteiger charge is -2.05. The van der Waals surface area contributed by atoms with E-state index >= 15 is 0 Å². The number of amides is 1. The van der Waals surface area contributed by atoms with Gasteiger partial charge in [-0.15, -0.1) is 11.3 Å². The number of thiazole rings is 1. The van der Waals surface area contributed by atoms with Crippen LogP contribution in [-0.2, 0) is 16.0 Å². The van der Waals surface area contributed by atoms with E-state index in [1.807, 2.05) is 17.5 Å². The molecule has 1 amide bonds. The van der Waals surface area contributed by atoms with E-state index in [0.717, 1.165) is 16.3 Å². The lowest BCUT2D eigenvalue weighted by atomic mass is 10.1. The number of hydrogen-bond donors (Lipinski definition) is 2. The zero-order chi connectivity index (χ0) is 20.8. The number of ether oxygens (including phenoxy) is 2. The van der Waals surface area contributed by atoms with E-state index in [2.05, 4.69) is 20.3 Å². The molecule has 3 rings (SSSR count). The van der Waals surface area contributed by atoms with E-state index in [4.69, 9.17) is 9.47 Å². The first-order valence-corrected chi connectivity index (χ1v) is 9.87. The quantitative estimate of drug-likeness (QED) is 0.434. The van der Waals surface area contributed by atoms with Crippen molar-refractivity contribution in [2.24, 2.45) is 0 Å². The Morgan fingerprint density at radius 1 is 1.21 bits per heavy atom. The Morgan fingerprint density at radius 3 is 2.69 bits per heavy atom. The van der Waals surface area contributed by atoms with E-state index in [9.17, 15) is 9.59 Å². The van der Waals surface area contributed by atoms with Crippen LogP contribution in [0, 0.1) is 13.8 Å². The van der Waals surface area contributed by atoms with Crippen molar-refractivity contribution in [3.05, 3.63) is 57.4 Å². The lowest BCUT2D eigenvalue weighted by molar-refractivity contribution is 0.0387. The Hall–Kier alpha value is -3.04. The summed E-state index contributed by atoms with van der Waals surface area (Å²) >= 11 is 1.47. The molecule has 0 radical (unpaired) electrons. The van der Waals surface area contributed by atoms with Gasteiger partial charge >= 0.3 is 5.97 Å². The zero-order valence-corrected chi connectivity index (χ0v) is 17.3. The van der Waals surface area contributed by atoms with Gasteiger partial charge in [-0.05, 0) is 31.5 Å². The summed E-state index contributed by atoms with van der Waals surface area (Å²) < 4.78 is 10.0. The molecule has 0 atom stereocenters. The van der Waals surface area contributed by atoms with Gasteiger partial charge in [-0.3, -0.25) is 9.78 Å². The van der Waals surface area contributed by atoms with E-state index in [0.29, 0.717) is 35.7 Å². The highest BCUT2D eigenvalue weighted by molar-refractivity contribution is 7.09. The van der Waals surface area contributed by atoms with E-state index in [1.54, 1.807) is 26.2 Å². The van der Waals surface area contributed by atoms with Crippen LogP contribution in [0.4, 0.5) is 0 Å². The number of carbonyl (C=O) groups is 2. The van der Waals surface area contributed by atoms with Crippen molar-refractivity contribution in [2.75, 3.05) is 20.3 Å². The van der Waals surface area contributed by atoms with Gasteiger partial charge in [0.15, 0.2) is 0 Å². The predicted molar refractivity (Wildman–Crippen MR) is 109 cm³/mol. The normalized spacial score (nSPS) is 10.7. The highest BCUT2D eigenvalue weighted by atomic mass is 32.1. The Morgan fingerprint density at radius 2 is 1.97 bits per heavy atom. The second-order valence-corrected chi connectivity index (χ2v) is 7.24. The molecular weight excluding hydrogens is 392 g/mol. The van der Waals surface area contributed by atoms with Crippen LogP contribution in [0.5, 0.6) is 0 Å². The second-order valence-electron chi connectivity index (χ2n) is 6.30. The minimum absolute atomic E-state index is 0.158. The summed E-state index contributed by atoms with van der Waals surface area (Å²) in [6.07, 6.45) is 3.43. The van der Waals surface area contributed by atoms with E-state index < -0.39 is 5.97 Å². The minimum atomic E-state index is -0.478. The average Bonchev–Trinajstić information content (AvgIpc) is 3.31. The molecular formula is C20H22N4O4S. The monoisotopic (exact) mass is 414 g/mol. The van der Waals surface area contributed by atoms with E-state index in [1.165, 1.54) is 18.4 Å². The Kier molecular flexibility index (Phi) is 6.73. The molecule has 0 spiro atoms. The smallest absolute Gasteiger partial charge is 0.340 e. The van der Waals surface area contributed by atoms with Gasteiger partial charge in [0.25, 0.3) is 5.91 Å². The average molecular weight is 414 g/mol. The lowest BCUT2D eigenvalue weighted by Crippen LogP contribution is -2.24. The first-order chi connectivity index (χ1) is 14.0. The molecule has 9 heteroatoms. The van der Waals surface area contributed by atoms with Crippen LogP contribution in [0.15, 0.2) is 29.9 Å². The van der Waals surface area contributed by atoms with Crippen LogP contribution in [-0.4, -0.2) is 47.2 Å². The number of esters is 1. The topological polar surface area (TPSA) is 106 Å². The van der Waals surface area contributed by atoms with Gasteiger partial charge in [-0.2, -0.15) is 0 Å². The number of pyridine rings is 1. The van der Waals surface area contributed by atoms with Gasteiger partial charge < -0.3 is 19.8 Å². The maximum atomic E-state index is 12.6. The van der Waals surface area contributed by atoms with Gasteiger partial charge in [0, 0.05) is 36.1 Å². The van der Waals surface area contributed by atoms with Crippen LogP contribution >= 0.6 is 11.3 Å². The number of aromatic nitrogens is 3. The fourth-order valence-electron chi connectivity index (χ4n) is 2.86. The van der Waals surface area contributed by atoms with E-state index in [-0.39, 0.29) is 12.5 Å². The van der Waals surface area contributed by atoms with Crippen molar-refractivity contribution in [3.63, 3.8) is 0 Å². The molecule has 3 aromatic rings. The standard InChI is InChI=1S/C20H22N4O4S/c1-12-17(20(26)28-9-8-27-3)13(2)23-18(12)19(25)22-10-16-24-15(11-29-16)14-4-6-21-7-5-14/h4-7,11,23H,8-10H2,1-3H3,(H,22,25). The van der Waals surface area contributed by atoms with Gasteiger partial charge in [-0.1, -0.05) is 0 Å². The van der Waals surface area contributed by atoms with Crippen molar-refractivity contribution in [2.45, 2.75) is 20.4 Å². The largest absolute Gasteiger partial charge is 0.460 e. The molecule has 0 bridgehead atoms. The molecule has 2 N–H and O–H groups in total. The first-order valence-electron chi connectivity index (χ1n) is 8.99. The summed E-state index contributed by atoms with van der Waals surface area (Å²) in [6.45, 7) is 4.22. The van der Waals surface area contributed by atoms with Gasteiger partial charge in [0.2, 0.25) is 0 Å². The van der Waals surface area contributed by atoms with Crippen LogP contribution in [0.25, 0.3) is 11.3 Å². The maximum absolute atomic E-state index is 12.6. The molecule has 0 saturated carbocycles. The summed E-state index contributed by atoms with van der Waals surface area (Å²) in [6, 6.07) is 3.77. The molecule has 0 aliphatic rings. The van der Waals surface area contributed by atoms with Crippen molar-refractivity contribution in [1.82, 2.24) is 20.3 Å². The highest BCUT2D eigenvalue weighted by Crippen LogP contribution is 2.22. The van der Waals surface area contributed by atoms with Crippen molar-refractivity contribution in [3.8, 4) is 11.3 Å². The molecule has 8 nitrogen and oxygen atoms in total. The third kappa shape index (κ3) is 4.87. The number of aryl methyl sites for hydroxylation is 1. The molecule has 29 heavy (non-hydrogen) atoms. The summed E-state index contributed by atoms with van der Waals surface area (Å²) in [5.74, 6) is -0.781. The first kappa shape index (κ1) is 20.7. The number of aromatic amines is 1. The number of methoxy groups -OCH3 is 1. The number of nitrogens with zero attached hydrogens (tertiary/aromatic N) is 2. The number of nitrogens with one attached hydrogen (secondary N) is 2. The molecule has 0 saturated heterocycles. The fourth-order valence-corrected chi connectivity index (χ4v) is 3.61. The van der Waals surface area contributed by atoms with Gasteiger partial charge in [0.05, 0.1) is 24.4 Å². The number of hydrogen-bond acceptors (Lipinski definition) is 7. The Balaban J connectivity index is 1.65. The Labute approximate surface area is 172 Å². The maximum Gasteiger partial charge on any atom is 0.340 e. The fraction of sp³-hybridized carbons (Fsp3) is 0.300. The van der Waals surface area contributed by atoms with Crippen molar-refractivity contribution >= 4 is 23.2 Å². The molecule has 0 fully saturated rings. The van der Waals surface area contributed by atoms with Crippen molar-refractivity contribution < 1.29 is 19.1 Å². The van der Waals surface area contributed by atoms with Crippen LogP contribution in [0.2, 0.25) is 0 Å². The third-order valence-corrected chi connectivity index (χ3v) is 5.17. The highest BCUT2D eigenvalue weighted by Gasteiger charge is 2.23. The van der Waals surface area contributed by atoms with Gasteiger partial charge in [0.1, 0.15) is 17.3 Å². The van der Waals surface area contributed by atoms with Crippen LogP contribution < -0.4 is 5.32 Å². The van der Waals surface area contributed by atoms with Crippen molar-refractivity contribution in [1.29, 1.82) is 0 Å². The molecule has 152 valence electrons. The second kappa shape index (κ2) is 9.44. The number of carbonyl (C=O) groups excluding carboxylic acids is 2. The summed E-state index contributed by atoms with van der Waals surface area (Å²) in [5.41, 5.74) is 3.67. The zero-order valence-electron chi connectivity index (χ0n) is 16.4. The molecule has 0 aromatic carbocycles. The summed E-state index contributed by atoms with van der Waals surface area (Å²) in [4.78, 5) is 36.4. The Bertz CT molecular complexity index is 997. The SMILES string of the molecule is COCCOC(=O)c1c(C)[nH]c(C(=O)NCc2nc(-c3ccncc3)cs2)c1C. The predicted octanol–water partition coefficient (Wildman–Crippen LogP) is 2.88. The molecule has 0 aliphatic carbocycles. The molecule has 0 unspecified atom stereocenters. The van der Waals surface area contributed by atoms with Gasteiger partial charge in [-0.25, -0.2) is 9.78 Å². The third-order valence-electron chi connectivity index (χ3n) is 4.32. The minimum Gasteiger partial charge on any atom is -0.460 e. The van der Waals surface area contributed by atoms with Crippen LogP contribution in [0.3, 0.4) is 0 Å². The molecule has 0 aliphatic heterocycles. The van der Waals surface area contributed by atoms with Crippen LogP contribution in [0.1, 0.15) is 37.1 Å². The number of rotatable bonds is 8.